The van der Waals surface area contributed by atoms with Crippen molar-refractivity contribution in [1.29, 1.82) is 0 Å². The molecule has 2 saturated heterocycles. The Morgan fingerprint density at radius 2 is 1.83 bits per heavy atom. The Labute approximate surface area is 133 Å². The molecule has 3 aliphatic heterocycles. The van der Waals surface area contributed by atoms with Crippen molar-refractivity contribution in [2.45, 2.75) is 25.8 Å². The smallest absolute Gasteiger partial charge is 0.407 e. The van der Waals surface area contributed by atoms with Crippen LogP contribution >= 0.6 is 0 Å². The highest BCUT2D eigenvalue weighted by molar-refractivity contribution is 5.76. The van der Waals surface area contributed by atoms with Crippen molar-refractivity contribution in [1.82, 2.24) is 30.1 Å². The molecule has 2 N–H and O–H groups in total. The van der Waals surface area contributed by atoms with Gasteiger partial charge in [0, 0.05) is 44.6 Å². The van der Waals surface area contributed by atoms with Crippen LogP contribution in [-0.2, 0) is 13.0 Å². The topological polar surface area (TPSA) is 106 Å². The number of hydrogen-bond donors (Lipinski definition) is 2. The van der Waals surface area contributed by atoms with Gasteiger partial charge in [0.1, 0.15) is 5.69 Å². The number of likely N-dealkylation sites (tertiary alicyclic amines) is 2. The maximum atomic E-state index is 12.6. The van der Waals surface area contributed by atoms with Crippen molar-refractivity contribution in [2.75, 3.05) is 32.7 Å². The van der Waals surface area contributed by atoms with Crippen molar-refractivity contribution in [2.24, 2.45) is 5.41 Å². The van der Waals surface area contributed by atoms with Gasteiger partial charge in [0.25, 0.3) is 0 Å². The predicted octanol–water partition coefficient (Wildman–Crippen LogP) is 0.359. The van der Waals surface area contributed by atoms with Crippen LogP contribution in [0.15, 0.2) is 0 Å². The van der Waals surface area contributed by atoms with Crippen LogP contribution < -0.4 is 0 Å². The molecule has 0 radical (unpaired) electrons. The molecule has 3 aliphatic rings. The van der Waals surface area contributed by atoms with Gasteiger partial charge in [0.05, 0.1) is 12.2 Å². The monoisotopic (exact) mass is 320 g/mol. The standard InChI is InChI=1S/C14H20N6O3/c21-12(19-4-1-10-11(7-19)16-17-15-10)20-8-14(9-20)2-5-18(6-3-14)13(22)23/h1-9H2,(H,22,23)(H,15,16,17). The fraction of sp³-hybridized carbons (Fsp3) is 0.714. The normalized spacial score (nSPS) is 22.7. The zero-order valence-electron chi connectivity index (χ0n) is 12.9. The van der Waals surface area contributed by atoms with Gasteiger partial charge in [-0.2, -0.15) is 0 Å². The molecule has 124 valence electrons. The van der Waals surface area contributed by atoms with Crippen LogP contribution in [0.5, 0.6) is 0 Å². The minimum Gasteiger partial charge on any atom is -0.465 e. The number of carbonyl (C=O) groups is 2. The Kier molecular flexibility index (Phi) is 3.17. The van der Waals surface area contributed by atoms with Crippen LogP contribution in [0.4, 0.5) is 9.59 Å². The molecule has 1 aromatic rings. The van der Waals surface area contributed by atoms with Gasteiger partial charge in [0.15, 0.2) is 0 Å². The van der Waals surface area contributed by atoms with Crippen LogP contribution in [0, 0.1) is 5.41 Å². The lowest BCUT2D eigenvalue weighted by Gasteiger charge is -2.54. The van der Waals surface area contributed by atoms with Crippen LogP contribution in [0.3, 0.4) is 0 Å². The average Bonchev–Trinajstić information content (AvgIpc) is 2.99. The molecule has 23 heavy (non-hydrogen) atoms. The summed E-state index contributed by atoms with van der Waals surface area (Å²) in [5, 5.41) is 19.7. The molecule has 0 aliphatic carbocycles. The number of rotatable bonds is 0. The molecule has 9 nitrogen and oxygen atoms in total. The molecule has 0 aromatic carbocycles. The molecule has 1 spiro atoms. The van der Waals surface area contributed by atoms with E-state index in [0.29, 0.717) is 26.2 Å². The van der Waals surface area contributed by atoms with Crippen molar-refractivity contribution in [3.05, 3.63) is 11.4 Å². The molecule has 0 bridgehead atoms. The number of nitrogens with zero attached hydrogens (tertiary/aromatic N) is 5. The number of fused-ring (bicyclic) bond motifs is 1. The van der Waals surface area contributed by atoms with Crippen LogP contribution in [-0.4, -0.2) is 80.1 Å². The predicted molar refractivity (Wildman–Crippen MR) is 78.7 cm³/mol. The van der Waals surface area contributed by atoms with E-state index in [1.165, 1.54) is 4.90 Å². The van der Waals surface area contributed by atoms with E-state index in [0.717, 1.165) is 43.7 Å². The molecule has 4 rings (SSSR count). The average molecular weight is 320 g/mol. The molecule has 0 saturated carbocycles. The second-order valence-corrected chi connectivity index (χ2v) is 6.82. The third kappa shape index (κ3) is 2.40. The number of H-pyrrole nitrogens is 1. The number of carboxylic acid groups (broad SMARTS) is 1. The summed E-state index contributed by atoms with van der Waals surface area (Å²) in [4.78, 5) is 28.7. The molecule has 1 aromatic heterocycles. The summed E-state index contributed by atoms with van der Waals surface area (Å²) in [6.07, 6.45) is 1.61. The quantitative estimate of drug-likeness (QED) is 0.718. The van der Waals surface area contributed by atoms with E-state index >= 15 is 0 Å². The maximum Gasteiger partial charge on any atom is 0.407 e. The minimum atomic E-state index is -0.844. The summed E-state index contributed by atoms with van der Waals surface area (Å²) < 4.78 is 0. The second kappa shape index (κ2) is 5.10. The van der Waals surface area contributed by atoms with Gasteiger partial charge >= 0.3 is 12.1 Å². The van der Waals surface area contributed by atoms with Crippen LogP contribution in [0.25, 0.3) is 0 Å². The van der Waals surface area contributed by atoms with E-state index in [-0.39, 0.29) is 11.4 Å². The minimum absolute atomic E-state index is 0.0601. The summed E-state index contributed by atoms with van der Waals surface area (Å²) in [5.41, 5.74) is 2.00. The summed E-state index contributed by atoms with van der Waals surface area (Å²) >= 11 is 0. The van der Waals surface area contributed by atoms with Gasteiger partial charge in [-0.1, -0.05) is 5.21 Å². The maximum absolute atomic E-state index is 12.6. The first-order valence-corrected chi connectivity index (χ1v) is 7.97. The van der Waals surface area contributed by atoms with Crippen molar-refractivity contribution < 1.29 is 14.7 Å². The lowest BCUT2D eigenvalue weighted by molar-refractivity contribution is -0.0270. The van der Waals surface area contributed by atoms with Gasteiger partial charge in [-0.15, -0.1) is 5.10 Å². The highest BCUT2D eigenvalue weighted by Gasteiger charge is 2.48. The summed E-state index contributed by atoms with van der Waals surface area (Å²) in [5.74, 6) is 0. The van der Waals surface area contributed by atoms with Gasteiger partial charge in [-0.3, -0.25) is 5.10 Å². The highest BCUT2D eigenvalue weighted by Crippen LogP contribution is 2.41. The molecular formula is C14H20N6O3. The largest absolute Gasteiger partial charge is 0.465 e. The third-order valence-corrected chi connectivity index (χ3v) is 5.36. The first kappa shape index (κ1) is 14.3. The Morgan fingerprint density at radius 3 is 2.52 bits per heavy atom. The van der Waals surface area contributed by atoms with Crippen LogP contribution in [0.2, 0.25) is 0 Å². The number of piperidine rings is 1. The lowest BCUT2D eigenvalue weighted by Crippen LogP contribution is -2.64. The highest BCUT2D eigenvalue weighted by atomic mass is 16.4. The molecule has 0 unspecified atom stereocenters. The fourth-order valence-corrected chi connectivity index (χ4v) is 3.85. The first-order valence-electron chi connectivity index (χ1n) is 7.97. The van der Waals surface area contributed by atoms with Gasteiger partial charge in [-0.25, -0.2) is 9.59 Å². The third-order valence-electron chi connectivity index (χ3n) is 5.36. The first-order chi connectivity index (χ1) is 11.1. The lowest BCUT2D eigenvalue weighted by atomic mass is 9.72. The van der Waals surface area contributed by atoms with E-state index in [2.05, 4.69) is 15.4 Å². The van der Waals surface area contributed by atoms with Crippen molar-refractivity contribution in [3.8, 4) is 0 Å². The number of aromatic nitrogens is 3. The zero-order chi connectivity index (χ0) is 16.0. The molecule has 0 atom stereocenters. The van der Waals surface area contributed by atoms with Gasteiger partial charge in [0.2, 0.25) is 0 Å². The van der Waals surface area contributed by atoms with E-state index in [1.54, 1.807) is 0 Å². The molecular weight excluding hydrogens is 300 g/mol. The van der Waals surface area contributed by atoms with Crippen molar-refractivity contribution in [3.63, 3.8) is 0 Å². The number of hydrogen-bond acceptors (Lipinski definition) is 4. The van der Waals surface area contributed by atoms with Gasteiger partial charge in [-0.05, 0) is 12.8 Å². The number of amides is 3. The van der Waals surface area contributed by atoms with E-state index < -0.39 is 6.09 Å². The molecule has 9 heteroatoms. The summed E-state index contributed by atoms with van der Waals surface area (Å²) in [6.45, 7) is 3.82. The Morgan fingerprint density at radius 1 is 1.09 bits per heavy atom. The van der Waals surface area contributed by atoms with E-state index in [1.807, 2.05) is 9.80 Å². The summed E-state index contributed by atoms with van der Waals surface area (Å²) in [6, 6.07) is 0.0601. The number of urea groups is 1. The molecule has 2 fully saturated rings. The Hall–Kier alpha value is -2.32. The Balaban J connectivity index is 1.32. The molecule has 3 amide bonds. The summed E-state index contributed by atoms with van der Waals surface area (Å²) in [7, 11) is 0. The fourth-order valence-electron chi connectivity index (χ4n) is 3.85. The second-order valence-electron chi connectivity index (χ2n) is 6.82. The van der Waals surface area contributed by atoms with E-state index in [4.69, 9.17) is 5.11 Å². The number of carbonyl (C=O) groups excluding carboxylic acids is 1. The van der Waals surface area contributed by atoms with E-state index in [9.17, 15) is 9.59 Å². The van der Waals surface area contributed by atoms with Gasteiger partial charge < -0.3 is 19.8 Å². The number of aromatic amines is 1. The van der Waals surface area contributed by atoms with Crippen molar-refractivity contribution >= 4 is 12.1 Å². The Bertz CT molecular complexity index is 628. The van der Waals surface area contributed by atoms with Crippen LogP contribution in [0.1, 0.15) is 24.2 Å². The number of nitrogens with one attached hydrogen (secondary N) is 1. The SMILES string of the molecule is O=C(O)N1CCC2(CC1)CN(C(=O)N1CCc3[nH]nnc3C1)C2. The molecule has 4 heterocycles. The zero-order valence-corrected chi connectivity index (χ0v) is 12.9.